The van der Waals surface area contributed by atoms with E-state index in [2.05, 4.69) is 22.2 Å². The van der Waals surface area contributed by atoms with Gasteiger partial charge in [0.2, 0.25) is 5.28 Å². The zero-order chi connectivity index (χ0) is 12.3. The van der Waals surface area contributed by atoms with Crippen LogP contribution in [0, 0.1) is 5.92 Å². The molecule has 0 atom stereocenters. The largest absolute Gasteiger partial charge is 0.394 e. The molecule has 0 amide bonds. The molecule has 5 heteroatoms. The molecule has 17 heavy (non-hydrogen) atoms. The van der Waals surface area contributed by atoms with E-state index in [1.807, 2.05) is 0 Å². The number of rotatable bonds is 3. The SMILES string of the molecule is CC1CCC(CO)(Nc2ccnc(Cl)n2)CC1. The predicted octanol–water partition coefficient (Wildman–Crippen LogP) is 2.48. The second kappa shape index (κ2) is 5.19. The molecule has 1 saturated carbocycles. The van der Waals surface area contributed by atoms with Gasteiger partial charge in [0, 0.05) is 6.20 Å². The molecule has 2 N–H and O–H groups in total. The monoisotopic (exact) mass is 255 g/mol. The Labute approximate surface area is 106 Å². The first kappa shape index (κ1) is 12.6. The number of hydrogen-bond acceptors (Lipinski definition) is 4. The molecule has 1 heterocycles. The van der Waals surface area contributed by atoms with Crippen molar-refractivity contribution in [3.8, 4) is 0 Å². The van der Waals surface area contributed by atoms with Gasteiger partial charge in [-0.25, -0.2) is 9.97 Å². The van der Waals surface area contributed by atoms with Crippen LogP contribution in [0.5, 0.6) is 0 Å². The van der Waals surface area contributed by atoms with Crippen LogP contribution in [0.15, 0.2) is 12.3 Å². The maximum atomic E-state index is 9.62. The zero-order valence-corrected chi connectivity index (χ0v) is 10.7. The van der Waals surface area contributed by atoms with Gasteiger partial charge < -0.3 is 10.4 Å². The third-order valence-corrected chi connectivity index (χ3v) is 3.74. The van der Waals surface area contributed by atoms with Crippen molar-refractivity contribution in [2.75, 3.05) is 11.9 Å². The second-order valence-corrected chi connectivity index (χ2v) is 5.29. The highest BCUT2D eigenvalue weighted by Crippen LogP contribution is 2.33. The van der Waals surface area contributed by atoms with Crippen LogP contribution in [0.2, 0.25) is 5.28 Å². The van der Waals surface area contributed by atoms with Crippen molar-refractivity contribution < 1.29 is 5.11 Å². The molecule has 1 aromatic rings. The topological polar surface area (TPSA) is 58.0 Å². The van der Waals surface area contributed by atoms with E-state index in [9.17, 15) is 5.11 Å². The number of aliphatic hydroxyl groups excluding tert-OH is 1. The third kappa shape index (κ3) is 3.07. The number of nitrogens with one attached hydrogen (secondary N) is 1. The Balaban J connectivity index is 2.09. The van der Waals surface area contributed by atoms with Crippen molar-refractivity contribution in [2.24, 2.45) is 5.92 Å². The number of halogens is 1. The Bertz CT molecular complexity index is 378. The molecule has 94 valence electrons. The van der Waals surface area contributed by atoms with Gasteiger partial charge in [-0.05, 0) is 49.3 Å². The Morgan fingerprint density at radius 2 is 2.24 bits per heavy atom. The zero-order valence-electron chi connectivity index (χ0n) is 9.99. The first-order valence-corrected chi connectivity index (χ1v) is 6.39. The normalized spacial score (nSPS) is 29.0. The van der Waals surface area contributed by atoms with Gasteiger partial charge in [0.1, 0.15) is 5.82 Å². The third-order valence-electron chi connectivity index (χ3n) is 3.55. The minimum atomic E-state index is -0.246. The number of aromatic nitrogens is 2. The lowest BCUT2D eigenvalue weighted by molar-refractivity contribution is 0.155. The summed E-state index contributed by atoms with van der Waals surface area (Å²) in [6, 6.07) is 1.78. The predicted molar refractivity (Wildman–Crippen MR) is 68.1 cm³/mol. The number of aliphatic hydroxyl groups is 1. The summed E-state index contributed by atoms with van der Waals surface area (Å²) in [5.74, 6) is 1.43. The van der Waals surface area contributed by atoms with Crippen LogP contribution in [0.25, 0.3) is 0 Å². The van der Waals surface area contributed by atoms with E-state index in [1.54, 1.807) is 12.3 Å². The standard InChI is InChI=1S/C12H18ClN3O/c1-9-2-5-12(8-17,6-3-9)16-10-4-7-14-11(13)15-10/h4,7,9,17H,2-3,5-6,8H2,1H3,(H,14,15,16). The minimum absolute atomic E-state index is 0.126. The highest BCUT2D eigenvalue weighted by molar-refractivity contribution is 6.28. The average Bonchev–Trinajstić information content (AvgIpc) is 2.33. The average molecular weight is 256 g/mol. The molecule has 2 rings (SSSR count). The van der Waals surface area contributed by atoms with Crippen molar-refractivity contribution in [1.82, 2.24) is 9.97 Å². The molecule has 1 aromatic heterocycles. The maximum Gasteiger partial charge on any atom is 0.224 e. The Morgan fingerprint density at radius 3 is 2.82 bits per heavy atom. The van der Waals surface area contributed by atoms with Crippen molar-refractivity contribution in [3.63, 3.8) is 0 Å². The second-order valence-electron chi connectivity index (χ2n) is 4.96. The van der Waals surface area contributed by atoms with Crippen LogP contribution < -0.4 is 5.32 Å². The molecule has 0 unspecified atom stereocenters. The Hall–Kier alpha value is -0.870. The van der Waals surface area contributed by atoms with Gasteiger partial charge >= 0.3 is 0 Å². The summed E-state index contributed by atoms with van der Waals surface area (Å²) in [6.07, 6.45) is 5.81. The van der Waals surface area contributed by atoms with Crippen LogP contribution in [-0.2, 0) is 0 Å². The smallest absolute Gasteiger partial charge is 0.224 e. The molecule has 0 spiro atoms. The summed E-state index contributed by atoms with van der Waals surface area (Å²) in [4.78, 5) is 7.96. The summed E-state index contributed by atoms with van der Waals surface area (Å²) in [5, 5.41) is 13.2. The van der Waals surface area contributed by atoms with Gasteiger partial charge in [-0.15, -0.1) is 0 Å². The van der Waals surface area contributed by atoms with Gasteiger partial charge in [-0.1, -0.05) is 6.92 Å². The molecule has 1 fully saturated rings. The van der Waals surface area contributed by atoms with Crippen molar-refractivity contribution in [1.29, 1.82) is 0 Å². The Kier molecular flexibility index (Phi) is 3.84. The lowest BCUT2D eigenvalue weighted by atomic mass is 9.77. The number of hydrogen-bond donors (Lipinski definition) is 2. The Morgan fingerprint density at radius 1 is 1.53 bits per heavy atom. The van der Waals surface area contributed by atoms with Crippen LogP contribution in [0.1, 0.15) is 32.6 Å². The lowest BCUT2D eigenvalue weighted by Gasteiger charge is -2.39. The molecule has 4 nitrogen and oxygen atoms in total. The van der Waals surface area contributed by atoms with Crippen LogP contribution in [0.4, 0.5) is 5.82 Å². The molecule has 1 aliphatic rings. The highest BCUT2D eigenvalue weighted by atomic mass is 35.5. The fraction of sp³-hybridized carbons (Fsp3) is 0.667. The van der Waals surface area contributed by atoms with E-state index < -0.39 is 0 Å². The molecular weight excluding hydrogens is 238 g/mol. The van der Waals surface area contributed by atoms with E-state index in [0.29, 0.717) is 5.82 Å². The van der Waals surface area contributed by atoms with Crippen LogP contribution >= 0.6 is 11.6 Å². The first-order chi connectivity index (χ1) is 8.13. The van der Waals surface area contributed by atoms with E-state index >= 15 is 0 Å². The van der Waals surface area contributed by atoms with Gasteiger partial charge in [-0.3, -0.25) is 0 Å². The quantitative estimate of drug-likeness (QED) is 0.815. The number of anilines is 1. The molecule has 0 bridgehead atoms. The first-order valence-electron chi connectivity index (χ1n) is 6.01. The summed E-state index contributed by atoms with van der Waals surface area (Å²) >= 11 is 5.75. The van der Waals surface area contributed by atoms with Crippen molar-refractivity contribution in [3.05, 3.63) is 17.5 Å². The molecule has 0 saturated heterocycles. The van der Waals surface area contributed by atoms with E-state index in [-0.39, 0.29) is 17.4 Å². The van der Waals surface area contributed by atoms with E-state index in [0.717, 1.165) is 31.6 Å². The number of nitrogens with zero attached hydrogens (tertiary/aromatic N) is 2. The molecule has 1 aliphatic carbocycles. The van der Waals surface area contributed by atoms with E-state index in [1.165, 1.54) is 0 Å². The van der Waals surface area contributed by atoms with Gasteiger partial charge in [0.25, 0.3) is 0 Å². The van der Waals surface area contributed by atoms with Crippen LogP contribution in [-0.4, -0.2) is 27.2 Å². The maximum absolute atomic E-state index is 9.62. The molecule has 0 aliphatic heterocycles. The highest BCUT2D eigenvalue weighted by Gasteiger charge is 2.33. The van der Waals surface area contributed by atoms with Gasteiger partial charge in [-0.2, -0.15) is 0 Å². The fourth-order valence-corrected chi connectivity index (χ4v) is 2.46. The molecule has 0 radical (unpaired) electrons. The van der Waals surface area contributed by atoms with Gasteiger partial charge in [0.05, 0.1) is 12.1 Å². The van der Waals surface area contributed by atoms with Crippen LogP contribution in [0.3, 0.4) is 0 Å². The fourth-order valence-electron chi connectivity index (χ4n) is 2.31. The summed E-state index contributed by atoms with van der Waals surface area (Å²) in [5.41, 5.74) is -0.246. The van der Waals surface area contributed by atoms with Crippen molar-refractivity contribution in [2.45, 2.75) is 38.1 Å². The van der Waals surface area contributed by atoms with Crippen molar-refractivity contribution >= 4 is 17.4 Å². The summed E-state index contributed by atoms with van der Waals surface area (Å²) in [6.45, 7) is 2.38. The minimum Gasteiger partial charge on any atom is -0.394 e. The van der Waals surface area contributed by atoms with Gasteiger partial charge in [0.15, 0.2) is 0 Å². The summed E-state index contributed by atoms with van der Waals surface area (Å²) < 4.78 is 0. The molecule has 0 aromatic carbocycles. The van der Waals surface area contributed by atoms with E-state index in [4.69, 9.17) is 11.6 Å². The lowest BCUT2D eigenvalue weighted by Crippen LogP contribution is -2.45. The summed E-state index contributed by atoms with van der Waals surface area (Å²) in [7, 11) is 0. The molecular formula is C12H18ClN3O.